The molecule has 2 bridgehead atoms. The molecule has 196 valence electrons. The first-order valence-corrected chi connectivity index (χ1v) is 13.7. The molecular formula is C28H22Cl3FN2O4. The van der Waals surface area contributed by atoms with Crippen LogP contribution in [0.15, 0.2) is 54.6 Å². The quantitative estimate of drug-likeness (QED) is 0.191. The van der Waals surface area contributed by atoms with Gasteiger partial charge in [-0.1, -0.05) is 35.4 Å². The van der Waals surface area contributed by atoms with Crippen LogP contribution >= 0.6 is 34.8 Å². The Balaban J connectivity index is 1.45. The number of benzene rings is 2. The predicted octanol–water partition coefficient (Wildman–Crippen LogP) is 5.42. The summed E-state index contributed by atoms with van der Waals surface area (Å²) in [4.78, 5) is 55.8. The van der Waals surface area contributed by atoms with Crippen molar-refractivity contribution in [2.24, 2.45) is 35.5 Å². The monoisotopic (exact) mass is 574 g/mol. The first-order chi connectivity index (χ1) is 18.2. The lowest BCUT2D eigenvalue weighted by Crippen LogP contribution is -2.57. The van der Waals surface area contributed by atoms with Gasteiger partial charge in [0.25, 0.3) is 17.7 Å². The summed E-state index contributed by atoms with van der Waals surface area (Å²) in [7, 11) is 0. The Bertz CT molecular complexity index is 1360. The molecule has 0 unspecified atom stereocenters. The highest BCUT2D eigenvalue weighted by Gasteiger charge is 2.68. The number of rotatable bonds is 7. The van der Waals surface area contributed by atoms with E-state index < -0.39 is 47.2 Å². The third-order valence-electron chi connectivity index (χ3n) is 8.33. The van der Waals surface area contributed by atoms with Gasteiger partial charge in [-0.15, -0.1) is 11.6 Å². The van der Waals surface area contributed by atoms with Crippen LogP contribution in [-0.4, -0.2) is 45.4 Å². The van der Waals surface area contributed by atoms with E-state index >= 15 is 0 Å². The molecule has 7 rings (SSSR count). The molecule has 38 heavy (non-hydrogen) atoms. The summed E-state index contributed by atoms with van der Waals surface area (Å²) in [6.07, 6.45) is 4.97. The topological polar surface area (TPSA) is 74.8 Å². The number of hydrogen-bond donors (Lipinski definition) is 0. The molecule has 6 nitrogen and oxygen atoms in total. The normalized spacial score (nSPS) is 29.2. The zero-order valence-electron chi connectivity index (χ0n) is 19.9. The van der Waals surface area contributed by atoms with Crippen molar-refractivity contribution >= 4 is 58.3 Å². The maximum Gasteiger partial charge on any atom is 0.275 e. The van der Waals surface area contributed by atoms with Crippen molar-refractivity contribution in [1.82, 2.24) is 10.0 Å². The Kier molecular flexibility index (Phi) is 6.36. The molecule has 1 heterocycles. The van der Waals surface area contributed by atoms with Crippen molar-refractivity contribution in [3.8, 4) is 0 Å². The van der Waals surface area contributed by atoms with Crippen LogP contribution in [0.2, 0.25) is 10.0 Å². The van der Waals surface area contributed by atoms with Crippen LogP contribution in [0.3, 0.4) is 0 Å². The Morgan fingerprint density at radius 3 is 2.13 bits per heavy atom. The zero-order valence-corrected chi connectivity index (χ0v) is 22.2. The Labute approximate surface area is 233 Å². The fraction of sp³-hybridized carbons (Fsp3) is 0.357. The number of imide groups is 1. The maximum absolute atomic E-state index is 14.1. The van der Waals surface area contributed by atoms with Gasteiger partial charge in [-0.3, -0.25) is 19.2 Å². The number of hydrogen-bond acceptors (Lipinski definition) is 4. The molecule has 0 spiro atoms. The van der Waals surface area contributed by atoms with Crippen LogP contribution in [0.1, 0.15) is 33.6 Å². The lowest BCUT2D eigenvalue weighted by molar-refractivity contribution is -0.157. The van der Waals surface area contributed by atoms with Crippen LogP contribution < -0.4 is 0 Å². The van der Waals surface area contributed by atoms with E-state index in [2.05, 4.69) is 0 Å². The minimum atomic E-state index is -1.31. The highest BCUT2D eigenvalue weighted by molar-refractivity contribution is 6.36. The van der Waals surface area contributed by atoms with Crippen LogP contribution in [0.25, 0.3) is 0 Å². The number of nitrogens with zero attached hydrogens (tertiary/aromatic N) is 2. The van der Waals surface area contributed by atoms with Gasteiger partial charge in [-0.05, 0) is 79.0 Å². The number of halogens is 4. The molecule has 7 atom stereocenters. The molecule has 2 aromatic carbocycles. The van der Waals surface area contributed by atoms with Crippen molar-refractivity contribution in [1.29, 1.82) is 0 Å². The highest BCUT2D eigenvalue weighted by atomic mass is 35.5. The first kappa shape index (κ1) is 25.5. The van der Waals surface area contributed by atoms with Crippen LogP contribution in [0.5, 0.6) is 0 Å². The number of amides is 3. The molecule has 4 aliphatic carbocycles. The minimum absolute atomic E-state index is 0.00541. The molecule has 2 saturated carbocycles. The number of carbonyl (C=O) groups excluding carboxylic acids is 4. The standard InChI is InChI=1S/C28H22Cl3FN2O4/c29-10-9-22(25(35)13-1-4-15(32)5-2-13)33(26(36)18-6-3-14(30)11-21(18)31)34-27(37)23-16-7-8-17(20-12-19(16)20)24(23)28(34)38/h1-8,11,16-17,19-20,22-24H,9-10,12H2/t16-,17-,19-,20-,22-,23-,24+/m0/s1. The van der Waals surface area contributed by atoms with Gasteiger partial charge in [0.1, 0.15) is 11.9 Å². The number of carbonyl (C=O) groups is 4. The van der Waals surface area contributed by atoms with Crippen molar-refractivity contribution in [2.45, 2.75) is 18.9 Å². The summed E-state index contributed by atoms with van der Waals surface area (Å²) in [5, 5.41) is 2.08. The Morgan fingerprint density at radius 2 is 1.58 bits per heavy atom. The third-order valence-corrected chi connectivity index (χ3v) is 9.10. The van der Waals surface area contributed by atoms with E-state index in [1.165, 1.54) is 30.3 Å². The fourth-order valence-corrected chi connectivity index (χ4v) is 7.28. The molecule has 0 radical (unpaired) electrons. The largest absolute Gasteiger partial charge is 0.292 e. The van der Waals surface area contributed by atoms with Gasteiger partial charge in [0.15, 0.2) is 5.78 Å². The van der Waals surface area contributed by atoms with Gasteiger partial charge in [0.05, 0.1) is 22.4 Å². The molecular weight excluding hydrogens is 554 g/mol. The predicted molar refractivity (Wildman–Crippen MR) is 139 cm³/mol. The minimum Gasteiger partial charge on any atom is -0.292 e. The molecule has 3 fully saturated rings. The van der Waals surface area contributed by atoms with Crippen molar-refractivity contribution in [3.05, 3.63) is 81.6 Å². The van der Waals surface area contributed by atoms with E-state index in [1.54, 1.807) is 0 Å². The van der Waals surface area contributed by atoms with E-state index in [1.807, 2.05) is 12.2 Å². The molecule has 1 saturated heterocycles. The molecule has 3 amide bonds. The maximum atomic E-state index is 14.1. The molecule has 0 N–H and O–H groups in total. The molecule has 10 heteroatoms. The number of Topliss-reactive ketones (excluding diaryl/α,β-unsaturated/α-hetero) is 1. The smallest absolute Gasteiger partial charge is 0.275 e. The van der Waals surface area contributed by atoms with Gasteiger partial charge in [0, 0.05) is 16.5 Å². The second kappa shape index (κ2) is 9.47. The second-order valence-electron chi connectivity index (χ2n) is 10.3. The van der Waals surface area contributed by atoms with Gasteiger partial charge in [-0.25, -0.2) is 9.40 Å². The van der Waals surface area contributed by atoms with E-state index in [-0.39, 0.29) is 40.3 Å². The number of ketones is 1. The number of allylic oxidation sites excluding steroid dienone is 2. The second-order valence-corrected chi connectivity index (χ2v) is 11.5. The van der Waals surface area contributed by atoms with E-state index in [9.17, 15) is 23.6 Å². The van der Waals surface area contributed by atoms with Gasteiger partial charge >= 0.3 is 0 Å². The summed E-state index contributed by atoms with van der Waals surface area (Å²) in [6.45, 7) is 0. The van der Waals surface area contributed by atoms with Gasteiger partial charge < -0.3 is 0 Å². The van der Waals surface area contributed by atoms with Gasteiger partial charge in [0.2, 0.25) is 0 Å². The average Bonchev–Trinajstić information content (AvgIpc) is 3.68. The van der Waals surface area contributed by atoms with E-state index in [0.29, 0.717) is 16.9 Å². The van der Waals surface area contributed by atoms with Crippen molar-refractivity contribution in [2.75, 3.05) is 5.88 Å². The highest BCUT2D eigenvalue weighted by Crippen LogP contribution is 2.65. The first-order valence-electron chi connectivity index (χ1n) is 12.4. The fourth-order valence-electron chi connectivity index (χ4n) is 6.59. The van der Waals surface area contributed by atoms with Crippen LogP contribution in [0.4, 0.5) is 4.39 Å². The molecule has 5 aliphatic rings. The van der Waals surface area contributed by atoms with Crippen molar-refractivity contribution in [3.63, 3.8) is 0 Å². The van der Waals surface area contributed by atoms with E-state index in [0.717, 1.165) is 28.6 Å². The molecule has 0 aromatic heterocycles. The summed E-state index contributed by atoms with van der Waals surface area (Å²) in [5.41, 5.74) is 0.0861. The molecule has 1 aliphatic heterocycles. The lowest BCUT2D eigenvalue weighted by Gasteiger charge is -2.37. The summed E-state index contributed by atoms with van der Waals surface area (Å²) < 4.78 is 13.6. The summed E-state index contributed by atoms with van der Waals surface area (Å²) in [5.74, 6) is -3.59. The summed E-state index contributed by atoms with van der Waals surface area (Å²) in [6, 6.07) is 7.75. The van der Waals surface area contributed by atoms with Crippen molar-refractivity contribution < 1.29 is 23.6 Å². The zero-order chi connectivity index (χ0) is 26.9. The summed E-state index contributed by atoms with van der Waals surface area (Å²) >= 11 is 18.5. The third kappa shape index (κ3) is 3.90. The average molecular weight is 576 g/mol. The number of hydrazine groups is 1. The Hall–Kier alpha value is -2.74. The van der Waals surface area contributed by atoms with Gasteiger partial charge in [-0.2, -0.15) is 5.01 Å². The lowest BCUT2D eigenvalue weighted by atomic mass is 9.63. The number of alkyl halides is 1. The Morgan fingerprint density at radius 1 is 0.974 bits per heavy atom. The van der Waals surface area contributed by atoms with Crippen LogP contribution in [0, 0.1) is 41.3 Å². The van der Waals surface area contributed by atoms with E-state index in [4.69, 9.17) is 34.8 Å². The SMILES string of the molecule is O=C(c1ccc(F)cc1)[C@H](CCCl)N(C(=O)c1ccc(Cl)cc1Cl)N1C(=O)[C@@H]2[C@H]3C=C[C@@H]([C@@H]4C[C@@H]34)[C@@H]2C1=O. The molecule has 2 aromatic rings. The van der Waals surface area contributed by atoms with Crippen LogP contribution in [-0.2, 0) is 9.59 Å².